The zero-order valence-corrected chi connectivity index (χ0v) is 17.5. The van der Waals surface area contributed by atoms with E-state index in [9.17, 15) is 13.2 Å². The molecule has 0 amide bonds. The van der Waals surface area contributed by atoms with Crippen LogP contribution in [0.2, 0.25) is 0 Å². The molecule has 0 spiro atoms. The third kappa shape index (κ3) is 12.4. The average Bonchev–Trinajstić information content (AvgIpc) is 2.63. The number of hydrogen-bond acceptors (Lipinski definition) is 2. The minimum atomic E-state index is -0.852. The molecule has 0 fully saturated rings. The molecule has 0 aromatic heterocycles. The Labute approximate surface area is 167 Å². The molecule has 0 heterocycles. The van der Waals surface area contributed by atoms with Crippen molar-refractivity contribution in [2.45, 2.75) is 77.0 Å². The van der Waals surface area contributed by atoms with E-state index in [0.29, 0.717) is 6.42 Å². The lowest BCUT2D eigenvalue weighted by atomic mass is 10.0. The molecule has 0 saturated heterocycles. The van der Waals surface area contributed by atoms with Gasteiger partial charge in [0.2, 0.25) is 0 Å². The molecule has 0 radical (unpaired) electrons. The van der Waals surface area contributed by atoms with Crippen molar-refractivity contribution in [3.05, 3.63) is 35.1 Å². The van der Waals surface area contributed by atoms with Crippen LogP contribution >= 0.6 is 11.8 Å². The van der Waals surface area contributed by atoms with Crippen LogP contribution in [0.4, 0.5) is 13.2 Å². The molecule has 0 aliphatic carbocycles. The smallest absolute Gasteiger partial charge is 0.132 e. The summed E-state index contributed by atoms with van der Waals surface area (Å²) in [4.78, 5) is 0. The number of hydrogen-bond donors (Lipinski definition) is 0. The fourth-order valence-corrected chi connectivity index (χ4v) is 4.07. The van der Waals surface area contributed by atoms with Crippen LogP contribution < -0.4 is 0 Å². The van der Waals surface area contributed by atoms with E-state index in [0.717, 1.165) is 44.4 Å². The molecule has 27 heavy (non-hydrogen) atoms. The van der Waals surface area contributed by atoms with Crippen molar-refractivity contribution in [3.8, 4) is 0 Å². The van der Waals surface area contributed by atoms with Crippen LogP contribution in [-0.2, 0) is 11.2 Å². The molecule has 0 atom stereocenters. The van der Waals surface area contributed by atoms with Crippen LogP contribution in [0.25, 0.3) is 0 Å². The normalized spacial score (nSPS) is 11.3. The van der Waals surface area contributed by atoms with Crippen LogP contribution in [0.3, 0.4) is 0 Å². The SMILES string of the molecule is COCCCSCCCCCCCCCCCCc1c(F)cc(F)cc1F. The van der Waals surface area contributed by atoms with E-state index in [-0.39, 0.29) is 5.56 Å². The molecule has 1 aromatic rings. The largest absolute Gasteiger partial charge is 0.385 e. The maximum atomic E-state index is 13.5. The van der Waals surface area contributed by atoms with E-state index in [1.165, 1.54) is 56.5 Å². The summed E-state index contributed by atoms with van der Waals surface area (Å²) in [6, 6.07) is 1.52. The Morgan fingerprint density at radius 2 is 1.19 bits per heavy atom. The Bertz CT molecular complexity index is 473. The number of benzene rings is 1. The standard InChI is InChI=1S/C22H35F3OS/c1-26-14-12-16-27-15-11-9-7-5-3-2-4-6-8-10-13-20-21(24)17-19(23)18-22(20)25/h17-18H,2-16H2,1H3. The van der Waals surface area contributed by atoms with Gasteiger partial charge in [0, 0.05) is 31.4 Å². The van der Waals surface area contributed by atoms with E-state index < -0.39 is 17.5 Å². The van der Waals surface area contributed by atoms with Crippen molar-refractivity contribution in [1.82, 2.24) is 0 Å². The molecule has 0 saturated carbocycles. The van der Waals surface area contributed by atoms with Crippen molar-refractivity contribution in [3.63, 3.8) is 0 Å². The Balaban J connectivity index is 1.86. The summed E-state index contributed by atoms with van der Waals surface area (Å²) in [6.45, 7) is 0.868. The first-order valence-electron chi connectivity index (χ1n) is 10.3. The number of halogens is 3. The molecule has 0 aliphatic heterocycles. The van der Waals surface area contributed by atoms with E-state index in [1.54, 1.807) is 7.11 Å². The highest BCUT2D eigenvalue weighted by atomic mass is 32.2. The van der Waals surface area contributed by atoms with Crippen LogP contribution in [0.15, 0.2) is 12.1 Å². The number of rotatable bonds is 17. The quantitative estimate of drug-likeness (QED) is 0.252. The Morgan fingerprint density at radius 3 is 1.74 bits per heavy atom. The minimum absolute atomic E-state index is 0.0215. The van der Waals surface area contributed by atoms with Crippen molar-refractivity contribution >= 4 is 11.8 Å². The van der Waals surface area contributed by atoms with Gasteiger partial charge in [-0.1, -0.05) is 51.4 Å². The highest BCUT2D eigenvalue weighted by Gasteiger charge is 2.10. The van der Waals surface area contributed by atoms with Gasteiger partial charge in [-0.25, -0.2) is 13.2 Å². The third-order valence-corrected chi connectivity index (χ3v) is 5.86. The molecular weight excluding hydrogens is 369 g/mol. The van der Waals surface area contributed by atoms with Gasteiger partial charge in [0.15, 0.2) is 0 Å². The van der Waals surface area contributed by atoms with Gasteiger partial charge in [0.05, 0.1) is 0 Å². The first kappa shape index (κ1) is 24.4. The summed E-state index contributed by atoms with van der Waals surface area (Å²) in [5.74, 6) is 0.0871. The number of methoxy groups -OCH3 is 1. The van der Waals surface area contributed by atoms with Crippen LogP contribution in [0.1, 0.15) is 76.2 Å². The summed E-state index contributed by atoms with van der Waals surface area (Å²) < 4.78 is 44.9. The molecule has 0 bridgehead atoms. The second-order valence-corrected chi connectivity index (χ2v) is 8.32. The van der Waals surface area contributed by atoms with Gasteiger partial charge >= 0.3 is 0 Å². The molecule has 0 aliphatic rings. The first-order valence-corrected chi connectivity index (χ1v) is 11.5. The third-order valence-electron chi connectivity index (χ3n) is 4.71. The van der Waals surface area contributed by atoms with Crippen molar-refractivity contribution < 1.29 is 17.9 Å². The van der Waals surface area contributed by atoms with Crippen molar-refractivity contribution in [2.24, 2.45) is 0 Å². The second kappa shape index (κ2) is 16.3. The zero-order chi connectivity index (χ0) is 19.7. The number of thioether (sulfide) groups is 1. The maximum Gasteiger partial charge on any atom is 0.132 e. The number of ether oxygens (including phenoxy) is 1. The highest BCUT2D eigenvalue weighted by Crippen LogP contribution is 2.18. The molecule has 1 aromatic carbocycles. The molecule has 1 nitrogen and oxygen atoms in total. The molecular formula is C22H35F3OS. The summed E-state index contributed by atoms with van der Waals surface area (Å²) in [5, 5.41) is 0. The topological polar surface area (TPSA) is 9.23 Å². The van der Waals surface area contributed by atoms with Gasteiger partial charge in [-0.15, -0.1) is 0 Å². The van der Waals surface area contributed by atoms with Gasteiger partial charge in [0.25, 0.3) is 0 Å². The van der Waals surface area contributed by atoms with Crippen LogP contribution in [-0.4, -0.2) is 25.2 Å². The monoisotopic (exact) mass is 404 g/mol. The number of unbranched alkanes of at least 4 members (excludes halogenated alkanes) is 9. The molecule has 1 rings (SSSR count). The Morgan fingerprint density at radius 1 is 0.704 bits per heavy atom. The lowest BCUT2D eigenvalue weighted by Crippen LogP contribution is -1.97. The predicted molar refractivity (Wildman–Crippen MR) is 110 cm³/mol. The van der Waals surface area contributed by atoms with Crippen LogP contribution in [0, 0.1) is 17.5 Å². The fraction of sp³-hybridized carbons (Fsp3) is 0.727. The van der Waals surface area contributed by atoms with Gasteiger partial charge in [-0.3, -0.25) is 0 Å². The highest BCUT2D eigenvalue weighted by molar-refractivity contribution is 7.99. The summed E-state index contributed by atoms with van der Waals surface area (Å²) >= 11 is 2.03. The van der Waals surface area contributed by atoms with Crippen molar-refractivity contribution in [2.75, 3.05) is 25.2 Å². The van der Waals surface area contributed by atoms with E-state index in [2.05, 4.69) is 0 Å². The van der Waals surface area contributed by atoms with E-state index >= 15 is 0 Å². The summed E-state index contributed by atoms with van der Waals surface area (Å²) in [5.41, 5.74) is 0.0215. The first-order chi connectivity index (χ1) is 13.1. The summed E-state index contributed by atoms with van der Waals surface area (Å²) in [6.07, 6.45) is 13.3. The van der Waals surface area contributed by atoms with Gasteiger partial charge in [-0.2, -0.15) is 11.8 Å². The lowest BCUT2D eigenvalue weighted by Gasteiger charge is -2.06. The van der Waals surface area contributed by atoms with E-state index in [4.69, 9.17) is 4.74 Å². The molecule has 0 N–H and O–H groups in total. The van der Waals surface area contributed by atoms with Gasteiger partial charge < -0.3 is 4.74 Å². The predicted octanol–water partition coefficient (Wildman–Crippen LogP) is 7.32. The van der Waals surface area contributed by atoms with Crippen molar-refractivity contribution in [1.29, 1.82) is 0 Å². The molecule has 0 unspecified atom stereocenters. The second-order valence-electron chi connectivity index (χ2n) is 7.09. The lowest BCUT2D eigenvalue weighted by molar-refractivity contribution is 0.200. The zero-order valence-electron chi connectivity index (χ0n) is 16.7. The minimum Gasteiger partial charge on any atom is -0.385 e. The van der Waals surface area contributed by atoms with Gasteiger partial charge in [0.1, 0.15) is 17.5 Å². The molecule has 5 heteroatoms. The van der Waals surface area contributed by atoms with Gasteiger partial charge in [-0.05, 0) is 37.2 Å². The Kier molecular flexibility index (Phi) is 14.7. The molecule has 156 valence electrons. The van der Waals surface area contributed by atoms with Crippen LogP contribution in [0.5, 0.6) is 0 Å². The summed E-state index contributed by atoms with van der Waals surface area (Å²) in [7, 11) is 1.75. The Hall–Kier alpha value is -0.680. The average molecular weight is 405 g/mol. The fourth-order valence-electron chi connectivity index (χ4n) is 3.14. The van der Waals surface area contributed by atoms with E-state index in [1.807, 2.05) is 11.8 Å². The maximum absolute atomic E-state index is 13.5.